The van der Waals surface area contributed by atoms with Gasteiger partial charge < -0.3 is 10.1 Å². The molecule has 2 aliphatic rings. The summed E-state index contributed by atoms with van der Waals surface area (Å²) in [5, 5.41) is 5.26. The highest BCUT2D eigenvalue weighted by molar-refractivity contribution is 6.25. The van der Waals surface area contributed by atoms with Crippen molar-refractivity contribution in [3.63, 3.8) is 0 Å². The molecule has 0 aliphatic carbocycles. The first-order valence-corrected chi connectivity index (χ1v) is 9.76. The van der Waals surface area contributed by atoms with Crippen molar-refractivity contribution in [2.45, 2.75) is 31.8 Å². The van der Waals surface area contributed by atoms with Gasteiger partial charge in [-0.3, -0.25) is 29.4 Å². The molecule has 0 aromatic heterocycles. The molecule has 2 aromatic carbocycles. The van der Waals surface area contributed by atoms with Crippen molar-refractivity contribution in [1.82, 2.24) is 10.2 Å². The topological polar surface area (TPSA) is 105 Å². The van der Waals surface area contributed by atoms with Gasteiger partial charge in [-0.2, -0.15) is 0 Å². The van der Waals surface area contributed by atoms with Crippen LogP contribution in [-0.2, 0) is 9.59 Å². The molecule has 160 valence electrons. The van der Waals surface area contributed by atoms with Crippen LogP contribution in [-0.4, -0.2) is 41.7 Å². The summed E-state index contributed by atoms with van der Waals surface area (Å²) in [7, 11) is 1.44. The fourth-order valence-electron chi connectivity index (χ4n) is 3.93. The second kappa shape index (κ2) is 7.82. The minimum atomic E-state index is -1.05. The first kappa shape index (κ1) is 20.5. The minimum absolute atomic E-state index is 0.0443. The van der Waals surface area contributed by atoms with E-state index in [1.54, 1.807) is 31.2 Å². The molecule has 2 aliphatic heterocycles. The molecule has 2 aromatic rings. The number of amides is 4. The fourth-order valence-corrected chi connectivity index (χ4v) is 3.93. The molecule has 9 heteroatoms. The van der Waals surface area contributed by atoms with Gasteiger partial charge in [0.15, 0.2) is 0 Å². The van der Waals surface area contributed by atoms with E-state index in [-0.39, 0.29) is 24.0 Å². The molecule has 0 radical (unpaired) electrons. The number of nitrogens with one attached hydrogen (secondary N) is 2. The van der Waals surface area contributed by atoms with E-state index in [4.69, 9.17) is 4.74 Å². The van der Waals surface area contributed by atoms with Crippen molar-refractivity contribution in [3.8, 4) is 5.75 Å². The summed E-state index contributed by atoms with van der Waals surface area (Å²) < 4.78 is 19.5. The van der Waals surface area contributed by atoms with Gasteiger partial charge in [0.2, 0.25) is 11.8 Å². The third-order valence-corrected chi connectivity index (χ3v) is 5.51. The molecule has 1 saturated heterocycles. The highest BCUT2D eigenvalue weighted by Crippen LogP contribution is 2.34. The second-order valence-corrected chi connectivity index (χ2v) is 7.43. The lowest BCUT2D eigenvalue weighted by atomic mass is 10.0. The van der Waals surface area contributed by atoms with Gasteiger partial charge in [-0.05, 0) is 31.5 Å². The van der Waals surface area contributed by atoms with E-state index in [0.29, 0.717) is 17.0 Å². The molecule has 1 fully saturated rings. The maximum Gasteiger partial charge on any atom is 0.264 e. The van der Waals surface area contributed by atoms with Crippen molar-refractivity contribution in [3.05, 3.63) is 58.9 Å². The summed E-state index contributed by atoms with van der Waals surface area (Å²) in [5.41, 5.74) is 0.991. The Morgan fingerprint density at radius 3 is 2.61 bits per heavy atom. The Labute approximate surface area is 177 Å². The van der Waals surface area contributed by atoms with E-state index in [9.17, 15) is 23.6 Å². The lowest BCUT2D eigenvalue weighted by Crippen LogP contribution is -2.54. The van der Waals surface area contributed by atoms with Crippen LogP contribution in [0.4, 0.5) is 10.1 Å². The maximum atomic E-state index is 14.5. The van der Waals surface area contributed by atoms with Gasteiger partial charge in [-0.25, -0.2) is 4.39 Å². The molecule has 0 saturated carbocycles. The number of halogens is 1. The molecule has 1 unspecified atom stereocenters. The molecular weight excluding hydrogens is 405 g/mol. The second-order valence-electron chi connectivity index (χ2n) is 7.43. The lowest BCUT2D eigenvalue weighted by Gasteiger charge is -2.28. The van der Waals surface area contributed by atoms with Gasteiger partial charge >= 0.3 is 0 Å². The van der Waals surface area contributed by atoms with Crippen molar-refractivity contribution < 1.29 is 28.3 Å². The number of imide groups is 2. The summed E-state index contributed by atoms with van der Waals surface area (Å²) in [6.07, 6.45) is 0.120. The number of carbonyl (C=O) groups is 4. The van der Waals surface area contributed by atoms with Crippen LogP contribution in [0.5, 0.6) is 5.75 Å². The molecule has 0 spiro atoms. The van der Waals surface area contributed by atoms with E-state index in [2.05, 4.69) is 10.6 Å². The molecule has 31 heavy (non-hydrogen) atoms. The van der Waals surface area contributed by atoms with E-state index in [0.717, 1.165) is 4.90 Å². The Morgan fingerprint density at radius 2 is 1.94 bits per heavy atom. The summed E-state index contributed by atoms with van der Waals surface area (Å²) in [5.74, 6) is -2.42. The minimum Gasteiger partial charge on any atom is -0.497 e. The third-order valence-electron chi connectivity index (χ3n) is 5.51. The van der Waals surface area contributed by atoms with Crippen LogP contribution in [0.25, 0.3) is 0 Å². The normalized spacial score (nSPS) is 19.2. The third kappa shape index (κ3) is 3.52. The number of ether oxygens (including phenoxy) is 1. The van der Waals surface area contributed by atoms with E-state index in [1.807, 2.05) is 0 Å². The summed E-state index contributed by atoms with van der Waals surface area (Å²) in [4.78, 5) is 50.6. The SMILES string of the molecule is COc1ccc([C@@H](C)Nc2cccc3c2C(=O)N(C2CCC(=O)NC2=O)C3=O)c(F)c1. The zero-order chi connectivity index (χ0) is 22.3. The van der Waals surface area contributed by atoms with Crippen LogP contribution in [0.2, 0.25) is 0 Å². The highest BCUT2D eigenvalue weighted by atomic mass is 19.1. The molecule has 8 nitrogen and oxygen atoms in total. The van der Waals surface area contributed by atoms with Gasteiger partial charge in [-0.1, -0.05) is 12.1 Å². The summed E-state index contributed by atoms with van der Waals surface area (Å²) in [6, 6.07) is 7.64. The van der Waals surface area contributed by atoms with Crippen LogP contribution in [0.3, 0.4) is 0 Å². The Kier molecular flexibility index (Phi) is 5.18. The first-order chi connectivity index (χ1) is 14.8. The smallest absolute Gasteiger partial charge is 0.264 e. The van der Waals surface area contributed by atoms with Crippen LogP contribution in [0.15, 0.2) is 36.4 Å². The number of rotatable bonds is 5. The molecule has 2 atom stereocenters. The number of benzene rings is 2. The van der Waals surface area contributed by atoms with Crippen LogP contribution in [0, 0.1) is 5.82 Å². The Bertz CT molecular complexity index is 1120. The fraction of sp³-hybridized carbons (Fsp3) is 0.273. The van der Waals surface area contributed by atoms with Crippen molar-refractivity contribution >= 4 is 29.3 Å². The quantitative estimate of drug-likeness (QED) is 0.713. The zero-order valence-electron chi connectivity index (χ0n) is 16.9. The zero-order valence-corrected chi connectivity index (χ0v) is 16.9. The molecule has 2 N–H and O–H groups in total. The van der Waals surface area contributed by atoms with Crippen molar-refractivity contribution in [2.24, 2.45) is 0 Å². The molecular formula is C22H20FN3O5. The highest BCUT2D eigenvalue weighted by Gasteiger charge is 2.45. The van der Waals surface area contributed by atoms with Crippen molar-refractivity contribution in [2.75, 3.05) is 12.4 Å². The molecule has 4 amide bonds. The van der Waals surface area contributed by atoms with Gasteiger partial charge in [0, 0.05) is 23.7 Å². The number of hydrogen-bond acceptors (Lipinski definition) is 6. The number of piperidine rings is 1. The standard InChI is InChI=1S/C22H20FN3O5/c1-11(13-7-6-12(31-2)10-15(13)23)24-16-5-3-4-14-19(16)22(30)26(21(14)29)17-8-9-18(27)25-20(17)28/h3-7,10-11,17,24H,8-9H2,1-2H3,(H,25,27,28)/t11-,17?/m1/s1. The monoisotopic (exact) mass is 425 g/mol. The largest absolute Gasteiger partial charge is 0.497 e. The first-order valence-electron chi connectivity index (χ1n) is 9.76. The van der Waals surface area contributed by atoms with E-state index < -0.39 is 41.5 Å². The van der Waals surface area contributed by atoms with Gasteiger partial charge in [-0.15, -0.1) is 0 Å². The van der Waals surface area contributed by atoms with Crippen molar-refractivity contribution in [1.29, 1.82) is 0 Å². The summed E-state index contributed by atoms with van der Waals surface area (Å²) >= 11 is 0. The van der Waals surface area contributed by atoms with E-state index in [1.165, 1.54) is 19.2 Å². The Hall–Kier alpha value is -3.75. The number of carbonyl (C=O) groups excluding carboxylic acids is 4. The number of hydrogen-bond donors (Lipinski definition) is 2. The number of nitrogens with zero attached hydrogens (tertiary/aromatic N) is 1. The predicted octanol–water partition coefficient (Wildman–Crippen LogP) is 2.41. The van der Waals surface area contributed by atoms with Gasteiger partial charge in [0.05, 0.1) is 24.3 Å². The predicted molar refractivity (Wildman–Crippen MR) is 108 cm³/mol. The van der Waals surface area contributed by atoms with Crippen LogP contribution in [0.1, 0.15) is 52.1 Å². The molecule has 0 bridgehead atoms. The molecule has 2 heterocycles. The number of methoxy groups -OCH3 is 1. The Balaban J connectivity index is 1.63. The Morgan fingerprint density at radius 1 is 1.16 bits per heavy atom. The number of fused-ring (bicyclic) bond motifs is 1. The van der Waals surface area contributed by atoms with Gasteiger partial charge in [0.1, 0.15) is 17.6 Å². The van der Waals surface area contributed by atoms with Gasteiger partial charge in [0.25, 0.3) is 11.8 Å². The average Bonchev–Trinajstić information content (AvgIpc) is 2.99. The van der Waals surface area contributed by atoms with E-state index >= 15 is 0 Å². The summed E-state index contributed by atoms with van der Waals surface area (Å²) in [6.45, 7) is 1.73. The number of anilines is 1. The average molecular weight is 425 g/mol. The van der Waals surface area contributed by atoms with Crippen LogP contribution >= 0.6 is 0 Å². The lowest BCUT2D eigenvalue weighted by molar-refractivity contribution is -0.136. The molecule has 4 rings (SSSR count). The maximum absolute atomic E-state index is 14.5. The van der Waals surface area contributed by atoms with Crippen LogP contribution < -0.4 is 15.4 Å².